The van der Waals surface area contributed by atoms with Gasteiger partial charge in [0.15, 0.2) is 5.78 Å². The lowest BCUT2D eigenvalue weighted by Gasteiger charge is -2.43. The van der Waals surface area contributed by atoms with Crippen molar-refractivity contribution in [2.45, 2.75) is 32.6 Å². The maximum atomic E-state index is 13.4. The van der Waals surface area contributed by atoms with Crippen LogP contribution in [0.15, 0.2) is 65.1 Å². The summed E-state index contributed by atoms with van der Waals surface area (Å²) >= 11 is 12.3. The van der Waals surface area contributed by atoms with E-state index in [0.717, 1.165) is 0 Å². The highest BCUT2D eigenvalue weighted by atomic mass is 35.5. The Balaban J connectivity index is 1.86. The molecule has 174 valence electrons. The summed E-state index contributed by atoms with van der Waals surface area (Å²) in [6.45, 7) is 3.92. The van der Waals surface area contributed by atoms with Crippen molar-refractivity contribution in [3.05, 3.63) is 86.3 Å². The average Bonchev–Trinajstić information content (AvgIpc) is 2.77. The minimum Gasteiger partial charge on any atom is -0.508 e. The van der Waals surface area contributed by atoms with Gasteiger partial charge in [0.2, 0.25) is 0 Å². The largest absolute Gasteiger partial charge is 0.508 e. The van der Waals surface area contributed by atoms with Gasteiger partial charge in [0.25, 0.3) is 5.91 Å². The van der Waals surface area contributed by atoms with Crippen LogP contribution in [0.2, 0.25) is 10.0 Å². The molecule has 1 atom stereocenters. The van der Waals surface area contributed by atoms with Crippen LogP contribution in [0, 0.1) is 16.7 Å². The van der Waals surface area contributed by atoms with Crippen LogP contribution in [0.4, 0.5) is 0 Å². The van der Waals surface area contributed by atoms with Gasteiger partial charge in [-0.3, -0.25) is 15.0 Å². The van der Waals surface area contributed by atoms with Gasteiger partial charge in [0.05, 0.1) is 33.3 Å². The Kier molecular flexibility index (Phi) is 6.07. The first-order chi connectivity index (χ1) is 16.0. The smallest absolute Gasteiger partial charge is 0.270 e. The Morgan fingerprint density at radius 3 is 2.47 bits per heavy atom. The Labute approximate surface area is 207 Å². The molecule has 0 saturated heterocycles. The van der Waals surface area contributed by atoms with Crippen molar-refractivity contribution in [1.29, 1.82) is 5.26 Å². The number of rotatable bonds is 3. The highest BCUT2D eigenvalue weighted by Crippen LogP contribution is 2.49. The van der Waals surface area contributed by atoms with Crippen molar-refractivity contribution in [2.24, 2.45) is 11.1 Å². The van der Waals surface area contributed by atoms with Crippen molar-refractivity contribution in [1.82, 2.24) is 10.4 Å². The topological polar surface area (TPSA) is 119 Å². The molecule has 2 aromatic carbocycles. The summed E-state index contributed by atoms with van der Waals surface area (Å²) in [6.07, 6.45) is 0.725. The molecule has 7 nitrogen and oxygen atoms in total. The number of phenolic OH excluding ortho intramolecular Hbond substituents is 1. The third-order valence-electron chi connectivity index (χ3n) is 6.00. The number of halogens is 2. The average molecular weight is 497 g/mol. The minimum atomic E-state index is -0.736. The van der Waals surface area contributed by atoms with Gasteiger partial charge in [-0.15, -0.1) is 0 Å². The standard InChI is InChI=1S/C25H22Cl2N4O3/c1-25(2)10-19-22(20(33)11-25)21(14-5-8-17(26)18(27)9-14)16(12-28)23(29)31(19)30-24(34)13-3-6-15(32)7-4-13/h3-9,21,32H,10-11,29H2,1-2H3,(H,30,34). The quantitative estimate of drug-likeness (QED) is 0.562. The van der Waals surface area contributed by atoms with Gasteiger partial charge in [-0.2, -0.15) is 5.26 Å². The van der Waals surface area contributed by atoms with Crippen molar-refractivity contribution in [3.8, 4) is 11.8 Å². The Bertz CT molecular complexity index is 1310. The second-order valence-corrected chi connectivity index (χ2v) is 9.96. The summed E-state index contributed by atoms with van der Waals surface area (Å²) < 4.78 is 0. The second-order valence-electron chi connectivity index (χ2n) is 9.14. The van der Waals surface area contributed by atoms with E-state index in [4.69, 9.17) is 28.9 Å². The Morgan fingerprint density at radius 2 is 1.85 bits per heavy atom. The summed E-state index contributed by atoms with van der Waals surface area (Å²) in [5.41, 5.74) is 10.7. The number of hydrazine groups is 1. The van der Waals surface area contributed by atoms with E-state index in [-0.39, 0.29) is 40.3 Å². The molecule has 0 radical (unpaired) electrons. The molecule has 0 spiro atoms. The third kappa shape index (κ3) is 4.23. The van der Waals surface area contributed by atoms with Crippen LogP contribution in [0.25, 0.3) is 0 Å². The summed E-state index contributed by atoms with van der Waals surface area (Å²) in [5, 5.41) is 21.6. The van der Waals surface area contributed by atoms with Crippen LogP contribution in [0.3, 0.4) is 0 Å². The van der Waals surface area contributed by atoms with Crippen molar-refractivity contribution in [3.63, 3.8) is 0 Å². The summed E-state index contributed by atoms with van der Waals surface area (Å²) in [7, 11) is 0. The number of benzene rings is 2. The van der Waals surface area contributed by atoms with Crippen LogP contribution in [-0.2, 0) is 4.79 Å². The first kappa shape index (κ1) is 23.7. The zero-order valence-corrected chi connectivity index (χ0v) is 20.0. The Morgan fingerprint density at radius 1 is 1.18 bits per heavy atom. The number of allylic oxidation sites excluding steroid dienone is 3. The molecule has 34 heavy (non-hydrogen) atoms. The molecule has 2 aliphatic rings. The van der Waals surface area contributed by atoms with Gasteiger partial charge in [0, 0.05) is 17.6 Å². The molecule has 1 aliphatic carbocycles. The fourth-order valence-electron chi connectivity index (χ4n) is 4.44. The maximum Gasteiger partial charge on any atom is 0.270 e. The molecule has 4 N–H and O–H groups in total. The molecule has 1 amide bonds. The van der Waals surface area contributed by atoms with Crippen LogP contribution >= 0.6 is 23.2 Å². The van der Waals surface area contributed by atoms with Gasteiger partial charge >= 0.3 is 0 Å². The van der Waals surface area contributed by atoms with E-state index < -0.39 is 11.8 Å². The van der Waals surface area contributed by atoms with Crippen LogP contribution in [0.1, 0.15) is 48.5 Å². The highest BCUT2D eigenvalue weighted by molar-refractivity contribution is 6.42. The molecule has 1 heterocycles. The van der Waals surface area contributed by atoms with E-state index in [1.165, 1.54) is 29.3 Å². The van der Waals surface area contributed by atoms with Crippen LogP contribution in [-0.4, -0.2) is 21.8 Å². The van der Waals surface area contributed by atoms with E-state index in [2.05, 4.69) is 11.5 Å². The fraction of sp³-hybridized carbons (Fsp3) is 0.240. The number of phenols is 1. The monoisotopic (exact) mass is 496 g/mol. The minimum absolute atomic E-state index is 0.0230. The lowest BCUT2D eigenvalue weighted by Crippen LogP contribution is -2.49. The maximum absolute atomic E-state index is 13.4. The number of ketones is 1. The molecule has 0 aromatic heterocycles. The van der Waals surface area contributed by atoms with Gasteiger partial charge in [-0.1, -0.05) is 43.1 Å². The number of hydrogen-bond acceptors (Lipinski definition) is 6. The molecule has 2 aromatic rings. The first-order valence-electron chi connectivity index (χ1n) is 10.5. The van der Waals surface area contributed by atoms with Crippen LogP contribution in [0.5, 0.6) is 5.75 Å². The van der Waals surface area contributed by atoms with E-state index in [1.54, 1.807) is 18.2 Å². The van der Waals surface area contributed by atoms with Crippen molar-refractivity contribution < 1.29 is 14.7 Å². The number of carbonyl (C=O) groups excluding carboxylic acids is 2. The lowest BCUT2D eigenvalue weighted by atomic mass is 9.69. The molecule has 1 aliphatic heterocycles. The zero-order valence-electron chi connectivity index (χ0n) is 18.5. The second kappa shape index (κ2) is 8.71. The number of amides is 1. The summed E-state index contributed by atoms with van der Waals surface area (Å²) in [5.74, 6) is -1.33. The van der Waals surface area contributed by atoms with Gasteiger partial charge < -0.3 is 10.8 Å². The van der Waals surface area contributed by atoms with E-state index in [9.17, 15) is 20.0 Å². The molecule has 4 rings (SSSR count). The first-order valence-corrected chi connectivity index (χ1v) is 11.3. The number of nitrogens with two attached hydrogens (primary N) is 1. The Hall–Kier alpha value is -3.47. The molecular weight excluding hydrogens is 475 g/mol. The van der Waals surface area contributed by atoms with Gasteiger partial charge in [0.1, 0.15) is 11.6 Å². The third-order valence-corrected chi connectivity index (χ3v) is 6.74. The number of carbonyl (C=O) groups is 2. The summed E-state index contributed by atoms with van der Waals surface area (Å²) in [6, 6.07) is 12.8. The molecule has 0 bridgehead atoms. The van der Waals surface area contributed by atoms with E-state index in [1.807, 2.05) is 13.8 Å². The van der Waals surface area contributed by atoms with Crippen molar-refractivity contribution >= 4 is 34.9 Å². The molecule has 0 saturated carbocycles. The van der Waals surface area contributed by atoms with E-state index >= 15 is 0 Å². The van der Waals surface area contributed by atoms with Gasteiger partial charge in [-0.25, -0.2) is 5.01 Å². The fourth-order valence-corrected chi connectivity index (χ4v) is 4.75. The number of aromatic hydroxyl groups is 1. The molecule has 0 fully saturated rings. The molecule has 9 heteroatoms. The highest BCUT2D eigenvalue weighted by Gasteiger charge is 2.45. The van der Waals surface area contributed by atoms with Crippen molar-refractivity contribution in [2.75, 3.05) is 0 Å². The zero-order chi connectivity index (χ0) is 24.8. The number of nitrogens with one attached hydrogen (secondary N) is 1. The normalized spacial score (nSPS) is 19.6. The predicted octanol–water partition coefficient (Wildman–Crippen LogP) is 4.78. The predicted molar refractivity (Wildman–Crippen MR) is 128 cm³/mol. The SMILES string of the molecule is CC1(C)CC(=O)C2=C(C1)N(NC(=O)c1ccc(O)cc1)C(N)=C(C#N)C2c1ccc(Cl)c(Cl)c1. The van der Waals surface area contributed by atoms with Crippen LogP contribution < -0.4 is 11.2 Å². The molecular formula is C25H22Cl2N4O3. The summed E-state index contributed by atoms with van der Waals surface area (Å²) in [4.78, 5) is 26.4. The number of Topliss-reactive ketones (excluding diaryl/α,β-unsaturated/α-hetero) is 1. The number of nitriles is 1. The van der Waals surface area contributed by atoms with Gasteiger partial charge in [-0.05, 0) is 53.8 Å². The molecule has 1 unspecified atom stereocenters. The number of nitrogens with zero attached hydrogens (tertiary/aromatic N) is 2. The lowest BCUT2D eigenvalue weighted by molar-refractivity contribution is -0.118. The number of hydrogen-bond donors (Lipinski definition) is 3. The van der Waals surface area contributed by atoms with E-state index in [0.29, 0.717) is 33.3 Å².